The topological polar surface area (TPSA) is 67.8 Å². The predicted octanol–water partition coefficient (Wildman–Crippen LogP) is 2.22. The molecule has 0 bridgehead atoms. The number of amides is 1. The van der Waals surface area contributed by atoms with Gasteiger partial charge >= 0.3 is 0 Å². The maximum atomic E-state index is 12.8. The molecule has 7 nitrogen and oxygen atoms in total. The first-order chi connectivity index (χ1) is 12.7. The van der Waals surface area contributed by atoms with Gasteiger partial charge in [-0.1, -0.05) is 6.92 Å². The third kappa shape index (κ3) is 3.42. The number of hydrogen-bond acceptors (Lipinski definition) is 6. The molecule has 1 spiro atoms. The fourth-order valence-corrected chi connectivity index (χ4v) is 4.30. The molecule has 7 heteroatoms. The number of aromatic nitrogens is 2. The lowest BCUT2D eigenvalue weighted by atomic mass is 9.99. The summed E-state index contributed by atoms with van der Waals surface area (Å²) in [5, 5.41) is 0. The van der Waals surface area contributed by atoms with Crippen LogP contribution in [-0.2, 0) is 9.47 Å². The van der Waals surface area contributed by atoms with E-state index < -0.39 is 0 Å². The van der Waals surface area contributed by atoms with E-state index in [0.29, 0.717) is 24.9 Å². The van der Waals surface area contributed by atoms with Crippen molar-refractivity contribution in [1.29, 1.82) is 0 Å². The standard InChI is InChI=1S/C19H28N4O3/c1-2-15-5-3-4-8-23(15)18(24)16-13-21-17(14-20-16)22-9-6-19(7-10-22)25-11-12-26-19/h13-15H,2-12H2,1H3. The van der Waals surface area contributed by atoms with Gasteiger partial charge in [-0.25, -0.2) is 9.97 Å². The zero-order chi connectivity index (χ0) is 18.0. The molecule has 0 N–H and O–H groups in total. The molecule has 1 aromatic heterocycles. The number of piperidine rings is 2. The Morgan fingerprint density at radius 1 is 1.15 bits per heavy atom. The molecule has 3 saturated heterocycles. The Hall–Kier alpha value is -1.73. The van der Waals surface area contributed by atoms with Crippen LogP contribution in [0.15, 0.2) is 12.4 Å². The Balaban J connectivity index is 1.40. The van der Waals surface area contributed by atoms with Crippen LogP contribution in [0.25, 0.3) is 0 Å². The van der Waals surface area contributed by atoms with Gasteiger partial charge in [0, 0.05) is 38.5 Å². The minimum Gasteiger partial charge on any atom is -0.355 e. The van der Waals surface area contributed by atoms with Crippen LogP contribution < -0.4 is 4.90 Å². The summed E-state index contributed by atoms with van der Waals surface area (Å²) >= 11 is 0. The summed E-state index contributed by atoms with van der Waals surface area (Å²) in [4.78, 5) is 25.9. The second kappa shape index (κ2) is 7.48. The molecule has 0 radical (unpaired) electrons. The normalized spacial score (nSPS) is 25.7. The van der Waals surface area contributed by atoms with Gasteiger partial charge in [0.25, 0.3) is 5.91 Å². The quantitative estimate of drug-likeness (QED) is 0.823. The van der Waals surface area contributed by atoms with Crippen molar-refractivity contribution in [2.45, 2.75) is 57.3 Å². The first-order valence-corrected chi connectivity index (χ1v) is 9.87. The molecule has 26 heavy (non-hydrogen) atoms. The number of hydrogen-bond donors (Lipinski definition) is 0. The van der Waals surface area contributed by atoms with Gasteiger partial charge in [0.1, 0.15) is 11.5 Å². The first-order valence-electron chi connectivity index (χ1n) is 9.87. The molecule has 1 atom stereocenters. The Kier molecular flexibility index (Phi) is 5.09. The maximum absolute atomic E-state index is 12.8. The first kappa shape index (κ1) is 17.7. The number of rotatable bonds is 3. The fraction of sp³-hybridized carbons (Fsp3) is 0.737. The molecule has 142 valence electrons. The molecular weight excluding hydrogens is 332 g/mol. The number of carbonyl (C=O) groups is 1. The van der Waals surface area contributed by atoms with Gasteiger partial charge in [0.15, 0.2) is 5.79 Å². The van der Waals surface area contributed by atoms with Crippen molar-refractivity contribution in [2.75, 3.05) is 37.7 Å². The van der Waals surface area contributed by atoms with Crippen LogP contribution in [0, 0.1) is 0 Å². The van der Waals surface area contributed by atoms with Crippen LogP contribution in [0.4, 0.5) is 5.82 Å². The van der Waals surface area contributed by atoms with Gasteiger partial charge in [-0.15, -0.1) is 0 Å². The van der Waals surface area contributed by atoms with Crippen molar-refractivity contribution in [3.05, 3.63) is 18.1 Å². The van der Waals surface area contributed by atoms with Crippen molar-refractivity contribution in [2.24, 2.45) is 0 Å². The zero-order valence-electron chi connectivity index (χ0n) is 15.5. The van der Waals surface area contributed by atoms with Crippen LogP contribution in [0.1, 0.15) is 55.9 Å². The summed E-state index contributed by atoms with van der Waals surface area (Å²) in [7, 11) is 0. The van der Waals surface area contributed by atoms with E-state index in [4.69, 9.17) is 9.47 Å². The highest BCUT2D eigenvalue weighted by molar-refractivity contribution is 5.92. The highest BCUT2D eigenvalue weighted by atomic mass is 16.7. The molecule has 0 aliphatic carbocycles. The van der Waals surface area contributed by atoms with Gasteiger partial charge in [-0.2, -0.15) is 0 Å². The average Bonchev–Trinajstić information content (AvgIpc) is 3.16. The second-order valence-electron chi connectivity index (χ2n) is 7.41. The minimum absolute atomic E-state index is 0.0148. The fourth-order valence-electron chi connectivity index (χ4n) is 4.30. The lowest BCUT2D eigenvalue weighted by molar-refractivity contribution is -0.169. The van der Waals surface area contributed by atoms with Gasteiger partial charge < -0.3 is 19.3 Å². The highest BCUT2D eigenvalue weighted by Gasteiger charge is 2.40. The van der Waals surface area contributed by atoms with E-state index in [1.54, 1.807) is 12.4 Å². The van der Waals surface area contributed by atoms with Crippen LogP contribution >= 0.6 is 0 Å². The van der Waals surface area contributed by atoms with E-state index >= 15 is 0 Å². The van der Waals surface area contributed by atoms with Gasteiger partial charge in [-0.3, -0.25) is 4.79 Å². The molecule has 0 saturated carbocycles. The summed E-state index contributed by atoms with van der Waals surface area (Å²) in [5.74, 6) is 0.449. The Morgan fingerprint density at radius 2 is 1.92 bits per heavy atom. The molecular formula is C19H28N4O3. The van der Waals surface area contributed by atoms with E-state index in [1.807, 2.05) is 4.90 Å². The molecule has 0 aromatic carbocycles. The van der Waals surface area contributed by atoms with Crippen molar-refractivity contribution in [3.8, 4) is 0 Å². The largest absolute Gasteiger partial charge is 0.355 e. The lowest BCUT2D eigenvalue weighted by Crippen LogP contribution is -2.45. The summed E-state index contributed by atoms with van der Waals surface area (Å²) in [6, 6.07) is 0.336. The summed E-state index contributed by atoms with van der Waals surface area (Å²) in [6.45, 7) is 6.00. The van der Waals surface area contributed by atoms with Crippen LogP contribution in [0.5, 0.6) is 0 Å². The average molecular weight is 360 g/mol. The van der Waals surface area contributed by atoms with E-state index in [1.165, 1.54) is 6.42 Å². The predicted molar refractivity (Wildman–Crippen MR) is 97.1 cm³/mol. The molecule has 3 fully saturated rings. The molecule has 3 aliphatic rings. The van der Waals surface area contributed by atoms with Crippen molar-refractivity contribution >= 4 is 11.7 Å². The third-order valence-electron chi connectivity index (χ3n) is 5.88. The Bertz CT molecular complexity index is 620. The van der Waals surface area contributed by atoms with Crippen LogP contribution in [-0.4, -0.2) is 65.5 Å². The van der Waals surface area contributed by atoms with Crippen molar-refractivity contribution in [3.63, 3.8) is 0 Å². The number of ether oxygens (including phenoxy) is 2. The van der Waals surface area contributed by atoms with E-state index in [9.17, 15) is 4.79 Å². The van der Waals surface area contributed by atoms with Crippen molar-refractivity contribution < 1.29 is 14.3 Å². The number of likely N-dealkylation sites (tertiary alicyclic amines) is 1. The molecule has 4 rings (SSSR count). The number of carbonyl (C=O) groups excluding carboxylic acids is 1. The Morgan fingerprint density at radius 3 is 2.58 bits per heavy atom. The molecule has 1 aromatic rings. The van der Waals surface area contributed by atoms with Gasteiger partial charge in [-0.05, 0) is 25.7 Å². The number of anilines is 1. The molecule has 1 amide bonds. The lowest BCUT2D eigenvalue weighted by Gasteiger charge is -2.38. The molecule has 4 heterocycles. The SMILES string of the molecule is CCC1CCCCN1C(=O)c1cnc(N2CCC3(CC2)OCCO3)cn1. The van der Waals surface area contributed by atoms with Crippen molar-refractivity contribution in [1.82, 2.24) is 14.9 Å². The minimum atomic E-state index is -0.386. The van der Waals surface area contributed by atoms with Gasteiger partial charge in [0.05, 0.1) is 25.6 Å². The third-order valence-corrected chi connectivity index (χ3v) is 5.88. The van der Waals surface area contributed by atoms with Crippen LogP contribution in [0.2, 0.25) is 0 Å². The smallest absolute Gasteiger partial charge is 0.274 e. The monoisotopic (exact) mass is 360 g/mol. The number of nitrogens with zero attached hydrogens (tertiary/aromatic N) is 4. The maximum Gasteiger partial charge on any atom is 0.274 e. The van der Waals surface area contributed by atoms with E-state index in [0.717, 1.165) is 57.6 Å². The van der Waals surface area contributed by atoms with Gasteiger partial charge in [0.2, 0.25) is 0 Å². The summed E-state index contributed by atoms with van der Waals surface area (Å²) in [5.41, 5.74) is 0.449. The zero-order valence-corrected chi connectivity index (χ0v) is 15.5. The molecule has 1 unspecified atom stereocenters. The molecule has 3 aliphatic heterocycles. The van der Waals surface area contributed by atoms with Crippen LogP contribution in [0.3, 0.4) is 0 Å². The van der Waals surface area contributed by atoms with E-state index in [2.05, 4.69) is 21.8 Å². The second-order valence-corrected chi connectivity index (χ2v) is 7.41. The summed E-state index contributed by atoms with van der Waals surface area (Å²) in [6.07, 6.45) is 9.40. The Labute approximate surface area is 154 Å². The van der Waals surface area contributed by atoms with E-state index in [-0.39, 0.29) is 11.7 Å². The highest BCUT2D eigenvalue weighted by Crippen LogP contribution is 2.32. The summed E-state index contributed by atoms with van der Waals surface area (Å²) < 4.78 is 11.5.